The summed E-state index contributed by atoms with van der Waals surface area (Å²) in [5, 5.41) is 12.4. The van der Waals surface area contributed by atoms with Crippen LogP contribution >= 0.6 is 0 Å². The van der Waals surface area contributed by atoms with Crippen molar-refractivity contribution in [1.29, 1.82) is 0 Å². The standard InChI is InChI=1S/C11H21N3O/c1-8(2)10(4-5-15)12-6-11-9(3)13-7-14-11/h7-8,10,12,15H,4-6H2,1-3H3,(H,13,14). The van der Waals surface area contributed by atoms with E-state index in [1.54, 1.807) is 6.33 Å². The van der Waals surface area contributed by atoms with Crippen molar-refractivity contribution in [3.8, 4) is 0 Å². The highest BCUT2D eigenvalue weighted by atomic mass is 16.3. The first kappa shape index (κ1) is 12.2. The fourth-order valence-corrected chi connectivity index (χ4v) is 1.60. The first-order chi connectivity index (χ1) is 7.15. The molecule has 1 rings (SSSR count). The summed E-state index contributed by atoms with van der Waals surface area (Å²) in [5.74, 6) is 0.524. The summed E-state index contributed by atoms with van der Waals surface area (Å²) in [6.45, 7) is 7.32. The van der Waals surface area contributed by atoms with Crippen LogP contribution < -0.4 is 5.32 Å². The van der Waals surface area contributed by atoms with Crippen LogP contribution in [0.2, 0.25) is 0 Å². The van der Waals surface area contributed by atoms with E-state index in [9.17, 15) is 0 Å². The van der Waals surface area contributed by atoms with Gasteiger partial charge in [-0.3, -0.25) is 0 Å². The van der Waals surface area contributed by atoms with E-state index in [0.29, 0.717) is 12.0 Å². The largest absolute Gasteiger partial charge is 0.396 e. The lowest BCUT2D eigenvalue weighted by Crippen LogP contribution is -2.34. The van der Waals surface area contributed by atoms with Gasteiger partial charge in [0.2, 0.25) is 0 Å². The van der Waals surface area contributed by atoms with Crippen LogP contribution in [-0.2, 0) is 6.54 Å². The van der Waals surface area contributed by atoms with Crippen LogP contribution in [0.3, 0.4) is 0 Å². The molecule has 0 aliphatic rings. The van der Waals surface area contributed by atoms with Gasteiger partial charge in [0.1, 0.15) is 0 Å². The number of rotatable bonds is 6. The molecule has 1 aromatic heterocycles. The monoisotopic (exact) mass is 211 g/mol. The minimum absolute atomic E-state index is 0.232. The number of imidazole rings is 1. The molecule has 0 spiro atoms. The number of aromatic amines is 1. The molecule has 1 unspecified atom stereocenters. The van der Waals surface area contributed by atoms with E-state index < -0.39 is 0 Å². The molecule has 0 saturated heterocycles. The maximum atomic E-state index is 8.94. The second kappa shape index (κ2) is 5.88. The third kappa shape index (κ3) is 3.64. The molecule has 86 valence electrons. The highest BCUT2D eigenvalue weighted by Crippen LogP contribution is 2.07. The maximum absolute atomic E-state index is 8.94. The number of aromatic nitrogens is 2. The Labute approximate surface area is 91.1 Å². The molecule has 15 heavy (non-hydrogen) atoms. The molecule has 3 N–H and O–H groups in total. The van der Waals surface area contributed by atoms with Crippen molar-refractivity contribution >= 4 is 0 Å². The van der Waals surface area contributed by atoms with Gasteiger partial charge in [0, 0.05) is 24.9 Å². The van der Waals surface area contributed by atoms with Gasteiger partial charge in [-0.05, 0) is 19.3 Å². The third-order valence-corrected chi connectivity index (χ3v) is 2.71. The van der Waals surface area contributed by atoms with E-state index in [2.05, 4.69) is 29.1 Å². The molecule has 0 fully saturated rings. The Kier molecular flexibility index (Phi) is 4.78. The van der Waals surface area contributed by atoms with Crippen molar-refractivity contribution in [3.63, 3.8) is 0 Å². The van der Waals surface area contributed by atoms with Crippen LogP contribution in [0.1, 0.15) is 31.7 Å². The molecule has 0 amide bonds. The molecule has 1 heterocycles. The number of hydrogen-bond donors (Lipinski definition) is 3. The van der Waals surface area contributed by atoms with Crippen molar-refractivity contribution in [1.82, 2.24) is 15.3 Å². The highest BCUT2D eigenvalue weighted by molar-refractivity contribution is 5.08. The lowest BCUT2D eigenvalue weighted by molar-refractivity contribution is 0.243. The summed E-state index contributed by atoms with van der Waals surface area (Å²) in [6.07, 6.45) is 2.50. The van der Waals surface area contributed by atoms with E-state index >= 15 is 0 Å². The summed E-state index contributed by atoms with van der Waals surface area (Å²) >= 11 is 0. The Morgan fingerprint density at radius 1 is 1.53 bits per heavy atom. The molecule has 4 heteroatoms. The number of hydrogen-bond acceptors (Lipinski definition) is 3. The highest BCUT2D eigenvalue weighted by Gasteiger charge is 2.12. The molecule has 0 radical (unpaired) electrons. The molecule has 0 bridgehead atoms. The summed E-state index contributed by atoms with van der Waals surface area (Å²) in [4.78, 5) is 7.28. The minimum atomic E-state index is 0.232. The van der Waals surface area contributed by atoms with Gasteiger partial charge in [0.05, 0.1) is 12.0 Å². The van der Waals surface area contributed by atoms with Crippen LogP contribution in [0, 0.1) is 12.8 Å². The normalized spacial score (nSPS) is 13.4. The Morgan fingerprint density at radius 2 is 2.27 bits per heavy atom. The number of nitrogens with one attached hydrogen (secondary N) is 2. The van der Waals surface area contributed by atoms with Gasteiger partial charge in [-0.15, -0.1) is 0 Å². The van der Waals surface area contributed by atoms with Gasteiger partial charge in [-0.2, -0.15) is 0 Å². The lowest BCUT2D eigenvalue weighted by atomic mass is 10.0. The van der Waals surface area contributed by atoms with E-state index in [1.165, 1.54) is 0 Å². The molecular formula is C11H21N3O. The molecule has 0 saturated carbocycles. The first-order valence-corrected chi connectivity index (χ1v) is 5.48. The second-order valence-corrected chi connectivity index (χ2v) is 4.22. The van der Waals surface area contributed by atoms with E-state index in [1.807, 2.05) is 6.92 Å². The average Bonchev–Trinajstić information content (AvgIpc) is 2.58. The zero-order valence-electron chi connectivity index (χ0n) is 9.75. The van der Waals surface area contributed by atoms with Gasteiger partial charge < -0.3 is 15.4 Å². The number of nitrogens with zero attached hydrogens (tertiary/aromatic N) is 1. The quantitative estimate of drug-likeness (QED) is 0.663. The SMILES string of the molecule is Cc1[nH]cnc1CNC(CCO)C(C)C. The Morgan fingerprint density at radius 3 is 2.73 bits per heavy atom. The van der Waals surface area contributed by atoms with E-state index in [-0.39, 0.29) is 6.61 Å². The van der Waals surface area contributed by atoms with Gasteiger partial charge >= 0.3 is 0 Å². The number of aliphatic hydroxyl groups is 1. The number of H-pyrrole nitrogens is 1. The summed E-state index contributed by atoms with van der Waals surface area (Å²) < 4.78 is 0. The second-order valence-electron chi connectivity index (χ2n) is 4.22. The van der Waals surface area contributed by atoms with Crippen LogP contribution in [0.5, 0.6) is 0 Å². The van der Waals surface area contributed by atoms with Crippen molar-refractivity contribution in [3.05, 3.63) is 17.7 Å². The van der Waals surface area contributed by atoms with E-state index in [4.69, 9.17) is 5.11 Å². The number of aliphatic hydroxyl groups excluding tert-OH is 1. The Hall–Kier alpha value is -0.870. The first-order valence-electron chi connectivity index (χ1n) is 5.48. The molecule has 4 nitrogen and oxygen atoms in total. The van der Waals surface area contributed by atoms with Gasteiger partial charge in [0.15, 0.2) is 0 Å². The Balaban J connectivity index is 2.43. The minimum Gasteiger partial charge on any atom is -0.396 e. The zero-order chi connectivity index (χ0) is 11.3. The molecule has 1 atom stereocenters. The van der Waals surface area contributed by atoms with Crippen LogP contribution in [0.25, 0.3) is 0 Å². The molecular weight excluding hydrogens is 190 g/mol. The topological polar surface area (TPSA) is 60.9 Å². The lowest BCUT2D eigenvalue weighted by Gasteiger charge is -2.21. The van der Waals surface area contributed by atoms with Crippen LogP contribution in [-0.4, -0.2) is 27.7 Å². The van der Waals surface area contributed by atoms with Gasteiger partial charge in [-0.1, -0.05) is 13.8 Å². The van der Waals surface area contributed by atoms with Gasteiger partial charge in [-0.25, -0.2) is 4.98 Å². The fraction of sp³-hybridized carbons (Fsp3) is 0.727. The predicted molar refractivity (Wildman–Crippen MR) is 60.5 cm³/mol. The summed E-state index contributed by atoms with van der Waals surface area (Å²) in [6, 6.07) is 0.353. The molecule has 0 aliphatic carbocycles. The third-order valence-electron chi connectivity index (χ3n) is 2.71. The molecule has 0 aromatic carbocycles. The summed E-state index contributed by atoms with van der Waals surface area (Å²) in [5.41, 5.74) is 2.16. The fourth-order valence-electron chi connectivity index (χ4n) is 1.60. The Bertz CT molecular complexity index is 283. The van der Waals surface area contributed by atoms with E-state index in [0.717, 1.165) is 24.4 Å². The predicted octanol–water partition coefficient (Wildman–Crippen LogP) is 1.21. The maximum Gasteiger partial charge on any atom is 0.0925 e. The van der Waals surface area contributed by atoms with Gasteiger partial charge in [0.25, 0.3) is 0 Å². The number of aryl methyl sites for hydroxylation is 1. The smallest absolute Gasteiger partial charge is 0.0925 e. The van der Waals surface area contributed by atoms with Crippen molar-refractivity contribution in [2.45, 2.75) is 39.8 Å². The van der Waals surface area contributed by atoms with Crippen molar-refractivity contribution in [2.75, 3.05) is 6.61 Å². The molecule has 0 aliphatic heterocycles. The summed E-state index contributed by atoms with van der Waals surface area (Å²) in [7, 11) is 0. The average molecular weight is 211 g/mol. The van der Waals surface area contributed by atoms with Crippen molar-refractivity contribution in [2.24, 2.45) is 5.92 Å². The van der Waals surface area contributed by atoms with Crippen molar-refractivity contribution < 1.29 is 5.11 Å². The zero-order valence-corrected chi connectivity index (χ0v) is 9.75. The van der Waals surface area contributed by atoms with Crippen LogP contribution in [0.15, 0.2) is 6.33 Å². The molecule has 1 aromatic rings. The van der Waals surface area contributed by atoms with Crippen LogP contribution in [0.4, 0.5) is 0 Å².